The van der Waals surface area contributed by atoms with Crippen LogP contribution in [0.1, 0.15) is 89.5 Å². The lowest BCUT2D eigenvalue weighted by atomic mass is 9.43. The molecule has 0 radical (unpaired) electrons. The molecule has 0 aromatic carbocycles. The van der Waals surface area contributed by atoms with E-state index >= 15 is 0 Å². The number of hydrogen-bond donors (Lipinski definition) is 2. The Morgan fingerprint density at radius 1 is 1.03 bits per heavy atom. The van der Waals surface area contributed by atoms with Gasteiger partial charge in [-0.15, -0.1) is 0 Å². The molecule has 5 aliphatic rings. The van der Waals surface area contributed by atoms with Crippen LogP contribution in [0.3, 0.4) is 0 Å². The van der Waals surface area contributed by atoms with Crippen LogP contribution in [0.2, 0.25) is 0 Å². The summed E-state index contributed by atoms with van der Waals surface area (Å²) in [4.78, 5) is 14.2. The molecular weight excluding hydrogens is 412 g/mol. The van der Waals surface area contributed by atoms with Gasteiger partial charge in [0.1, 0.15) is 0 Å². The van der Waals surface area contributed by atoms with Crippen LogP contribution in [-0.2, 0) is 0 Å². The molecule has 1 saturated heterocycles. The Labute approximate surface area is 198 Å². The SMILES string of the molecule is C[C@]12CC[C@H](N3CC[C@@H](N)C3)C[C@H]1CC[C@@H]1[C@@H]2CC[C@]2(C)[C@@H](c3ccc(=O)oc3)CC[C@]12O. The number of hydrogen-bond acceptors (Lipinski definition) is 5. The fraction of sp³-hybridized carbons (Fsp3) is 0.821. The van der Waals surface area contributed by atoms with E-state index in [0.717, 1.165) is 43.7 Å². The van der Waals surface area contributed by atoms with Crippen LogP contribution in [-0.4, -0.2) is 40.8 Å². The third-order valence-corrected chi connectivity index (χ3v) is 11.7. The molecule has 9 atom stereocenters. The predicted octanol–water partition coefficient (Wildman–Crippen LogP) is 4.28. The second kappa shape index (κ2) is 7.66. The molecule has 0 spiro atoms. The molecule has 5 heteroatoms. The molecule has 182 valence electrons. The zero-order chi connectivity index (χ0) is 23.0. The minimum Gasteiger partial charge on any atom is -0.431 e. The first-order valence-corrected chi connectivity index (χ1v) is 13.6. The van der Waals surface area contributed by atoms with Crippen molar-refractivity contribution in [3.8, 4) is 0 Å². The molecule has 1 aromatic heterocycles. The van der Waals surface area contributed by atoms with Gasteiger partial charge in [0.25, 0.3) is 0 Å². The number of fused-ring (bicyclic) bond motifs is 5. The first-order chi connectivity index (χ1) is 15.7. The molecule has 4 aliphatic carbocycles. The van der Waals surface area contributed by atoms with Gasteiger partial charge >= 0.3 is 5.63 Å². The van der Waals surface area contributed by atoms with Crippen molar-refractivity contribution in [2.75, 3.05) is 13.1 Å². The van der Waals surface area contributed by atoms with E-state index in [9.17, 15) is 9.90 Å². The molecule has 0 bridgehead atoms. The zero-order valence-electron chi connectivity index (χ0n) is 20.5. The van der Waals surface area contributed by atoms with Crippen LogP contribution in [0, 0.1) is 28.6 Å². The molecule has 3 N–H and O–H groups in total. The zero-order valence-corrected chi connectivity index (χ0v) is 20.5. The highest BCUT2D eigenvalue weighted by molar-refractivity contribution is 5.27. The third kappa shape index (κ3) is 3.18. The lowest BCUT2D eigenvalue weighted by Crippen LogP contribution is -2.62. The maximum Gasteiger partial charge on any atom is 0.335 e. The number of aliphatic hydroxyl groups is 1. The van der Waals surface area contributed by atoms with Gasteiger partial charge in [-0.05, 0) is 105 Å². The van der Waals surface area contributed by atoms with E-state index < -0.39 is 5.60 Å². The molecular formula is C28H42N2O3. The summed E-state index contributed by atoms with van der Waals surface area (Å²) in [5.41, 5.74) is 6.63. The molecule has 1 aliphatic heterocycles. The van der Waals surface area contributed by atoms with Crippen molar-refractivity contribution < 1.29 is 9.52 Å². The smallest absolute Gasteiger partial charge is 0.335 e. The Balaban J connectivity index is 1.24. The molecule has 1 aromatic rings. The first kappa shape index (κ1) is 22.3. The normalized spacial score (nSPS) is 49.9. The van der Waals surface area contributed by atoms with Gasteiger partial charge in [-0.3, -0.25) is 4.90 Å². The molecule has 5 fully saturated rings. The second-order valence-corrected chi connectivity index (χ2v) is 12.8. The Bertz CT molecular complexity index is 942. The van der Waals surface area contributed by atoms with Crippen molar-refractivity contribution >= 4 is 0 Å². The molecule has 5 nitrogen and oxygen atoms in total. The van der Waals surface area contributed by atoms with Crippen LogP contribution in [0.15, 0.2) is 27.6 Å². The van der Waals surface area contributed by atoms with Crippen LogP contribution in [0.5, 0.6) is 0 Å². The van der Waals surface area contributed by atoms with Crippen LogP contribution >= 0.6 is 0 Å². The van der Waals surface area contributed by atoms with E-state index in [1.807, 2.05) is 6.07 Å². The van der Waals surface area contributed by atoms with Crippen molar-refractivity contribution in [1.82, 2.24) is 4.90 Å². The molecule has 33 heavy (non-hydrogen) atoms. The monoisotopic (exact) mass is 454 g/mol. The van der Waals surface area contributed by atoms with Gasteiger partial charge in [0.2, 0.25) is 0 Å². The predicted molar refractivity (Wildman–Crippen MR) is 129 cm³/mol. The maximum atomic E-state index is 12.4. The highest BCUT2D eigenvalue weighted by Crippen LogP contribution is 2.70. The van der Waals surface area contributed by atoms with E-state index in [4.69, 9.17) is 10.2 Å². The van der Waals surface area contributed by atoms with E-state index in [1.165, 1.54) is 45.1 Å². The number of likely N-dealkylation sites (tertiary alicyclic amines) is 1. The average molecular weight is 455 g/mol. The van der Waals surface area contributed by atoms with E-state index in [2.05, 4.69) is 18.7 Å². The molecule has 4 saturated carbocycles. The van der Waals surface area contributed by atoms with Gasteiger partial charge in [-0.1, -0.05) is 13.8 Å². The Kier molecular flexibility index (Phi) is 5.18. The van der Waals surface area contributed by atoms with Gasteiger partial charge in [-0.2, -0.15) is 0 Å². The highest BCUT2D eigenvalue weighted by Gasteiger charge is 2.67. The summed E-state index contributed by atoms with van der Waals surface area (Å²) < 4.78 is 5.23. The van der Waals surface area contributed by atoms with Crippen molar-refractivity contribution in [2.45, 2.75) is 102 Å². The molecule has 6 rings (SSSR count). The van der Waals surface area contributed by atoms with E-state index in [1.54, 1.807) is 12.3 Å². The Morgan fingerprint density at radius 2 is 1.88 bits per heavy atom. The van der Waals surface area contributed by atoms with Crippen molar-refractivity contribution in [2.24, 2.45) is 34.3 Å². The van der Waals surface area contributed by atoms with Crippen LogP contribution in [0.25, 0.3) is 0 Å². The van der Waals surface area contributed by atoms with Crippen LogP contribution in [0.4, 0.5) is 0 Å². The number of nitrogens with two attached hydrogens (primary N) is 1. The minimum atomic E-state index is -0.608. The average Bonchev–Trinajstić information content (AvgIpc) is 3.35. The van der Waals surface area contributed by atoms with E-state index in [0.29, 0.717) is 29.3 Å². The Morgan fingerprint density at radius 3 is 2.61 bits per heavy atom. The summed E-state index contributed by atoms with van der Waals surface area (Å²) in [5, 5.41) is 12.4. The number of rotatable bonds is 2. The summed E-state index contributed by atoms with van der Waals surface area (Å²) in [7, 11) is 0. The third-order valence-electron chi connectivity index (χ3n) is 11.7. The summed E-state index contributed by atoms with van der Waals surface area (Å²) in [6.45, 7) is 7.17. The quantitative estimate of drug-likeness (QED) is 0.697. The second-order valence-electron chi connectivity index (χ2n) is 12.8. The topological polar surface area (TPSA) is 79.7 Å². The van der Waals surface area contributed by atoms with Crippen molar-refractivity contribution in [3.05, 3.63) is 34.4 Å². The van der Waals surface area contributed by atoms with Crippen molar-refractivity contribution in [1.29, 1.82) is 0 Å². The van der Waals surface area contributed by atoms with Crippen molar-refractivity contribution in [3.63, 3.8) is 0 Å². The van der Waals surface area contributed by atoms with Gasteiger partial charge in [0, 0.05) is 36.7 Å². The Hall–Kier alpha value is -1.17. The van der Waals surface area contributed by atoms with Crippen LogP contribution < -0.4 is 11.4 Å². The standard InChI is InChI=1S/C28H42N2O3/c1-26-11-7-21(30-14-10-20(29)16-30)15-19(26)4-5-24-23(26)8-12-27(2)22(9-13-28(24,27)32)18-3-6-25(31)33-17-18/h3,6,17,19-24,32H,4-5,7-16,29H2,1-2H3/t19-,20-,21+,22-,23+,24-,26+,27-,28+/m1/s1. The fourth-order valence-electron chi connectivity index (χ4n) is 9.78. The van der Waals surface area contributed by atoms with Gasteiger partial charge in [0.15, 0.2) is 0 Å². The largest absolute Gasteiger partial charge is 0.431 e. The molecule has 0 unspecified atom stereocenters. The van der Waals surface area contributed by atoms with Gasteiger partial charge < -0.3 is 15.3 Å². The van der Waals surface area contributed by atoms with Gasteiger partial charge in [-0.25, -0.2) is 4.79 Å². The molecule has 0 amide bonds. The fourth-order valence-corrected chi connectivity index (χ4v) is 9.78. The summed E-state index contributed by atoms with van der Waals surface area (Å²) in [5.74, 6) is 2.08. The minimum absolute atomic E-state index is 0.139. The maximum absolute atomic E-state index is 12.4. The lowest BCUT2D eigenvalue weighted by molar-refractivity contribution is -0.203. The summed E-state index contributed by atoms with van der Waals surface area (Å²) in [6.07, 6.45) is 13.3. The first-order valence-electron chi connectivity index (χ1n) is 13.6. The summed E-state index contributed by atoms with van der Waals surface area (Å²) in [6, 6.07) is 4.56. The molecule has 2 heterocycles. The van der Waals surface area contributed by atoms with E-state index in [-0.39, 0.29) is 17.0 Å². The highest BCUT2D eigenvalue weighted by atomic mass is 16.4. The number of nitrogens with zero attached hydrogens (tertiary/aromatic N) is 1. The van der Waals surface area contributed by atoms with Gasteiger partial charge in [0.05, 0.1) is 11.9 Å². The lowest BCUT2D eigenvalue weighted by Gasteiger charge is -2.64. The summed E-state index contributed by atoms with van der Waals surface area (Å²) >= 11 is 0.